The standard InChI is InChI=1S/C11H8Cl3N3S2/c1-5-4-19-11(15-5)17-10(18)16-9-7(13)2-6(12)3-8(9)14/h2-4H,1H3,(H2,15,16,17,18). The molecule has 0 saturated carbocycles. The minimum absolute atomic E-state index is 0.362. The highest BCUT2D eigenvalue weighted by molar-refractivity contribution is 7.80. The molecule has 0 aliphatic rings. The molecule has 0 spiro atoms. The third-order valence-electron chi connectivity index (χ3n) is 2.08. The molecule has 2 aromatic rings. The topological polar surface area (TPSA) is 37.0 Å². The van der Waals surface area contributed by atoms with Crippen LogP contribution in [-0.4, -0.2) is 10.1 Å². The number of aromatic nitrogens is 1. The van der Waals surface area contributed by atoms with Gasteiger partial charge in [-0.15, -0.1) is 11.3 Å². The van der Waals surface area contributed by atoms with Crippen LogP contribution in [0.1, 0.15) is 5.69 Å². The lowest BCUT2D eigenvalue weighted by atomic mass is 10.3. The number of thiocarbonyl (C=S) groups is 1. The fourth-order valence-electron chi connectivity index (χ4n) is 1.31. The minimum Gasteiger partial charge on any atom is -0.330 e. The lowest BCUT2D eigenvalue weighted by Crippen LogP contribution is -2.19. The Labute approximate surface area is 134 Å². The van der Waals surface area contributed by atoms with Crippen LogP contribution >= 0.6 is 58.4 Å². The Morgan fingerprint density at radius 3 is 2.37 bits per heavy atom. The summed E-state index contributed by atoms with van der Waals surface area (Å²) < 4.78 is 0. The SMILES string of the molecule is Cc1csc(NC(=S)Nc2c(Cl)cc(Cl)cc2Cl)n1. The van der Waals surface area contributed by atoms with Crippen LogP contribution in [0.5, 0.6) is 0 Å². The zero-order valence-corrected chi connectivity index (χ0v) is 13.5. The van der Waals surface area contributed by atoms with Crippen molar-refractivity contribution < 1.29 is 0 Å². The molecule has 19 heavy (non-hydrogen) atoms. The van der Waals surface area contributed by atoms with Crippen molar-refractivity contribution in [3.63, 3.8) is 0 Å². The van der Waals surface area contributed by atoms with Gasteiger partial charge in [-0.2, -0.15) is 0 Å². The summed E-state index contributed by atoms with van der Waals surface area (Å²) in [6.45, 7) is 1.91. The van der Waals surface area contributed by atoms with E-state index in [-0.39, 0.29) is 0 Å². The third kappa shape index (κ3) is 3.94. The van der Waals surface area contributed by atoms with Crippen molar-refractivity contribution in [3.05, 3.63) is 38.3 Å². The molecule has 0 saturated heterocycles. The first-order chi connectivity index (χ1) is 8.95. The molecule has 0 atom stereocenters. The van der Waals surface area contributed by atoms with Crippen LogP contribution < -0.4 is 10.6 Å². The van der Waals surface area contributed by atoms with Gasteiger partial charge in [-0.3, -0.25) is 0 Å². The van der Waals surface area contributed by atoms with Gasteiger partial charge in [-0.1, -0.05) is 34.8 Å². The van der Waals surface area contributed by atoms with E-state index < -0.39 is 0 Å². The first-order valence-electron chi connectivity index (χ1n) is 5.10. The second-order valence-corrected chi connectivity index (χ2v) is 6.13. The highest BCUT2D eigenvalue weighted by Crippen LogP contribution is 2.33. The van der Waals surface area contributed by atoms with Crippen LogP contribution in [0, 0.1) is 6.92 Å². The van der Waals surface area contributed by atoms with Crippen LogP contribution in [0.4, 0.5) is 10.8 Å². The van der Waals surface area contributed by atoms with Crippen LogP contribution in [-0.2, 0) is 0 Å². The van der Waals surface area contributed by atoms with Crippen LogP contribution in [0.3, 0.4) is 0 Å². The molecular formula is C11H8Cl3N3S2. The van der Waals surface area contributed by atoms with Crippen molar-refractivity contribution in [2.45, 2.75) is 6.92 Å². The Balaban J connectivity index is 2.11. The summed E-state index contributed by atoms with van der Waals surface area (Å²) in [7, 11) is 0. The van der Waals surface area contributed by atoms with E-state index in [9.17, 15) is 0 Å². The number of benzene rings is 1. The molecule has 1 aromatic carbocycles. The van der Waals surface area contributed by atoms with Gasteiger partial charge in [0.15, 0.2) is 10.2 Å². The fourth-order valence-corrected chi connectivity index (χ4v) is 3.18. The molecule has 3 nitrogen and oxygen atoms in total. The summed E-state index contributed by atoms with van der Waals surface area (Å²) in [6.07, 6.45) is 0. The number of anilines is 2. The molecule has 0 aliphatic heterocycles. The first-order valence-corrected chi connectivity index (χ1v) is 7.52. The average molecular weight is 353 g/mol. The molecule has 2 rings (SSSR count). The maximum atomic E-state index is 6.05. The lowest BCUT2D eigenvalue weighted by molar-refractivity contribution is 1.27. The molecule has 0 bridgehead atoms. The van der Waals surface area contributed by atoms with Gasteiger partial charge in [0.1, 0.15) is 0 Å². The highest BCUT2D eigenvalue weighted by atomic mass is 35.5. The van der Waals surface area contributed by atoms with Crippen LogP contribution in [0.2, 0.25) is 15.1 Å². The lowest BCUT2D eigenvalue weighted by Gasteiger charge is -2.12. The van der Waals surface area contributed by atoms with E-state index in [1.807, 2.05) is 12.3 Å². The maximum absolute atomic E-state index is 6.05. The Morgan fingerprint density at radius 1 is 1.21 bits per heavy atom. The molecule has 0 fully saturated rings. The number of rotatable bonds is 2. The van der Waals surface area contributed by atoms with Crippen LogP contribution in [0.25, 0.3) is 0 Å². The molecule has 0 aliphatic carbocycles. The molecule has 0 radical (unpaired) electrons. The molecule has 2 N–H and O–H groups in total. The summed E-state index contributed by atoms with van der Waals surface area (Å²) in [5, 5.41) is 10.1. The number of thiazole rings is 1. The fraction of sp³-hybridized carbons (Fsp3) is 0.0909. The van der Waals surface area contributed by atoms with Crippen molar-refractivity contribution in [1.82, 2.24) is 4.98 Å². The minimum atomic E-state index is 0.362. The largest absolute Gasteiger partial charge is 0.330 e. The van der Waals surface area contributed by atoms with Crippen molar-refractivity contribution in [2.24, 2.45) is 0 Å². The predicted octanol–water partition coefficient (Wildman–Crippen LogP) is 5.22. The van der Waals surface area contributed by atoms with E-state index in [2.05, 4.69) is 15.6 Å². The molecular weight excluding hydrogens is 345 g/mol. The second-order valence-electron chi connectivity index (χ2n) is 3.62. The number of hydrogen-bond acceptors (Lipinski definition) is 3. The van der Waals surface area contributed by atoms with Gasteiger partial charge in [0, 0.05) is 10.4 Å². The number of halogens is 3. The normalized spacial score (nSPS) is 10.3. The van der Waals surface area contributed by atoms with Gasteiger partial charge in [-0.25, -0.2) is 4.98 Å². The zero-order chi connectivity index (χ0) is 14.0. The Bertz CT molecular complexity index is 604. The Hall–Kier alpha value is -0.590. The summed E-state index contributed by atoms with van der Waals surface area (Å²) >= 11 is 24.6. The van der Waals surface area contributed by atoms with E-state index >= 15 is 0 Å². The van der Waals surface area contributed by atoms with E-state index in [1.165, 1.54) is 11.3 Å². The Morgan fingerprint density at radius 2 is 1.84 bits per heavy atom. The highest BCUT2D eigenvalue weighted by Gasteiger charge is 2.10. The zero-order valence-electron chi connectivity index (χ0n) is 9.63. The summed E-state index contributed by atoms with van der Waals surface area (Å²) in [5.74, 6) is 0. The van der Waals surface area contributed by atoms with Crippen molar-refractivity contribution >= 4 is 74.3 Å². The van der Waals surface area contributed by atoms with Gasteiger partial charge in [0.25, 0.3) is 0 Å². The average Bonchev–Trinajstić information content (AvgIpc) is 2.69. The van der Waals surface area contributed by atoms with E-state index in [1.54, 1.807) is 12.1 Å². The molecule has 1 heterocycles. The monoisotopic (exact) mass is 351 g/mol. The number of nitrogens with zero attached hydrogens (tertiary/aromatic N) is 1. The summed E-state index contributed by atoms with van der Waals surface area (Å²) in [5.41, 5.74) is 1.44. The van der Waals surface area contributed by atoms with E-state index in [0.717, 1.165) is 5.69 Å². The van der Waals surface area contributed by atoms with E-state index in [4.69, 9.17) is 47.0 Å². The number of nitrogens with one attached hydrogen (secondary N) is 2. The van der Waals surface area contributed by atoms with E-state index in [0.29, 0.717) is 31.0 Å². The molecule has 8 heteroatoms. The number of hydrogen-bond donors (Lipinski definition) is 2. The van der Waals surface area contributed by atoms with Crippen molar-refractivity contribution in [1.29, 1.82) is 0 Å². The van der Waals surface area contributed by atoms with Crippen LogP contribution in [0.15, 0.2) is 17.5 Å². The Kier molecular flexibility index (Phi) is 4.86. The smallest absolute Gasteiger partial charge is 0.189 e. The molecule has 1 aromatic heterocycles. The molecule has 0 amide bonds. The molecule has 100 valence electrons. The predicted molar refractivity (Wildman–Crippen MR) is 88.2 cm³/mol. The second kappa shape index (κ2) is 6.24. The number of aryl methyl sites for hydroxylation is 1. The van der Waals surface area contributed by atoms with Crippen molar-refractivity contribution in [3.8, 4) is 0 Å². The third-order valence-corrected chi connectivity index (χ3v) is 3.98. The van der Waals surface area contributed by atoms with Gasteiger partial charge in [-0.05, 0) is 31.3 Å². The molecule has 0 unspecified atom stereocenters. The summed E-state index contributed by atoms with van der Waals surface area (Å²) in [6, 6.07) is 3.18. The van der Waals surface area contributed by atoms with Gasteiger partial charge < -0.3 is 10.6 Å². The van der Waals surface area contributed by atoms with Gasteiger partial charge in [0.05, 0.1) is 21.4 Å². The summed E-state index contributed by atoms with van der Waals surface area (Å²) in [4.78, 5) is 4.24. The first kappa shape index (κ1) is 14.8. The van der Waals surface area contributed by atoms with Crippen molar-refractivity contribution in [2.75, 3.05) is 10.6 Å². The quantitative estimate of drug-likeness (QED) is 0.726. The van der Waals surface area contributed by atoms with Gasteiger partial charge in [0.2, 0.25) is 0 Å². The van der Waals surface area contributed by atoms with Gasteiger partial charge >= 0.3 is 0 Å². The maximum Gasteiger partial charge on any atom is 0.189 e.